The second-order valence-corrected chi connectivity index (χ2v) is 12.4. The molecule has 0 radical (unpaired) electrons. The minimum Gasteiger partial charge on any atom is -0.444 e. The quantitative estimate of drug-likeness (QED) is 0.237. The van der Waals surface area contributed by atoms with Crippen LogP contribution in [-0.4, -0.2) is 29.1 Å². The standard InChI is InChI=1S/C33H43N3O3S/c1-24(2)27-13-15-28(16-14-27)32(37)35-29(19-25-9-5-3-6-10-25)17-18-30(20-26-11-7-4-8-12-26)36-33(38)39-22-31-21-34-23-40-31/h3-12,21,23-24,27-30H,13-20,22H2,1-2H3,(H,35,37)(H,36,38). The van der Waals surface area contributed by atoms with E-state index in [0.717, 1.165) is 61.3 Å². The highest BCUT2D eigenvalue weighted by molar-refractivity contribution is 7.09. The fourth-order valence-corrected chi connectivity index (χ4v) is 6.18. The summed E-state index contributed by atoms with van der Waals surface area (Å²) in [6.45, 7) is 4.78. The predicted molar refractivity (Wildman–Crippen MR) is 161 cm³/mol. The number of aromatic nitrogens is 1. The lowest BCUT2D eigenvalue weighted by molar-refractivity contribution is -0.127. The van der Waals surface area contributed by atoms with Crippen LogP contribution in [0.25, 0.3) is 0 Å². The van der Waals surface area contributed by atoms with Gasteiger partial charge in [0.15, 0.2) is 0 Å². The van der Waals surface area contributed by atoms with Crippen molar-refractivity contribution in [2.75, 3.05) is 0 Å². The molecule has 0 saturated heterocycles. The highest BCUT2D eigenvalue weighted by Crippen LogP contribution is 2.33. The second-order valence-electron chi connectivity index (χ2n) is 11.4. The van der Waals surface area contributed by atoms with Gasteiger partial charge in [-0.25, -0.2) is 4.79 Å². The van der Waals surface area contributed by atoms with Crippen molar-refractivity contribution in [2.24, 2.45) is 17.8 Å². The number of nitrogens with one attached hydrogen (secondary N) is 2. The number of rotatable bonds is 13. The molecule has 1 aliphatic rings. The summed E-state index contributed by atoms with van der Waals surface area (Å²) in [5.41, 5.74) is 4.08. The molecule has 0 bridgehead atoms. The Morgan fingerprint density at radius 3 is 1.98 bits per heavy atom. The number of carbonyl (C=O) groups excluding carboxylic acids is 2. The van der Waals surface area contributed by atoms with E-state index in [0.29, 0.717) is 12.3 Å². The molecule has 1 saturated carbocycles. The first-order valence-corrected chi connectivity index (χ1v) is 15.5. The highest BCUT2D eigenvalue weighted by Gasteiger charge is 2.29. The molecular weight excluding hydrogens is 518 g/mol. The predicted octanol–water partition coefficient (Wildman–Crippen LogP) is 6.95. The SMILES string of the molecule is CC(C)C1CCC(C(=O)NC(CCC(Cc2ccccc2)NC(=O)OCc2cncs2)Cc2ccccc2)CC1. The lowest BCUT2D eigenvalue weighted by Crippen LogP contribution is -2.43. The first-order valence-electron chi connectivity index (χ1n) is 14.6. The number of thiazole rings is 1. The van der Waals surface area contributed by atoms with Gasteiger partial charge in [-0.2, -0.15) is 0 Å². The van der Waals surface area contributed by atoms with Crippen molar-refractivity contribution in [3.05, 3.63) is 88.4 Å². The average molecular weight is 562 g/mol. The van der Waals surface area contributed by atoms with Crippen molar-refractivity contribution in [1.82, 2.24) is 15.6 Å². The third-order valence-corrected chi connectivity index (χ3v) is 8.85. The van der Waals surface area contributed by atoms with E-state index in [4.69, 9.17) is 4.74 Å². The molecule has 2 aromatic carbocycles. The van der Waals surface area contributed by atoms with Crippen molar-refractivity contribution in [3.63, 3.8) is 0 Å². The van der Waals surface area contributed by atoms with E-state index < -0.39 is 6.09 Å². The van der Waals surface area contributed by atoms with Gasteiger partial charge in [0.1, 0.15) is 6.61 Å². The van der Waals surface area contributed by atoms with Crippen molar-refractivity contribution in [3.8, 4) is 0 Å². The number of ether oxygens (including phenoxy) is 1. The monoisotopic (exact) mass is 561 g/mol. The largest absolute Gasteiger partial charge is 0.444 e. The Bertz CT molecular complexity index is 1150. The summed E-state index contributed by atoms with van der Waals surface area (Å²) >= 11 is 1.46. The number of hydrogen-bond acceptors (Lipinski definition) is 5. The van der Waals surface area contributed by atoms with E-state index in [1.807, 2.05) is 36.4 Å². The maximum Gasteiger partial charge on any atom is 0.407 e. The molecule has 3 aromatic rings. The Balaban J connectivity index is 1.39. The van der Waals surface area contributed by atoms with Gasteiger partial charge in [-0.3, -0.25) is 9.78 Å². The molecule has 0 spiro atoms. The van der Waals surface area contributed by atoms with E-state index >= 15 is 0 Å². The van der Waals surface area contributed by atoms with Gasteiger partial charge < -0.3 is 15.4 Å². The van der Waals surface area contributed by atoms with Crippen molar-refractivity contribution >= 4 is 23.3 Å². The summed E-state index contributed by atoms with van der Waals surface area (Å²) in [5.74, 6) is 1.68. The van der Waals surface area contributed by atoms with Crippen LogP contribution in [0.2, 0.25) is 0 Å². The summed E-state index contributed by atoms with van der Waals surface area (Å²) in [4.78, 5) is 31.0. The molecule has 2 atom stereocenters. The Hall–Kier alpha value is -3.19. The van der Waals surface area contributed by atoms with Gasteiger partial charge in [-0.05, 0) is 74.3 Å². The zero-order valence-electron chi connectivity index (χ0n) is 23.8. The van der Waals surface area contributed by atoms with Crippen LogP contribution in [0.5, 0.6) is 0 Å². The maximum absolute atomic E-state index is 13.4. The average Bonchev–Trinajstić information content (AvgIpc) is 3.50. The molecular formula is C33H43N3O3S. The normalized spacial score (nSPS) is 18.6. The van der Waals surface area contributed by atoms with Gasteiger partial charge in [0, 0.05) is 24.2 Å². The minimum atomic E-state index is -0.431. The summed E-state index contributed by atoms with van der Waals surface area (Å²) in [5, 5.41) is 6.50. The van der Waals surface area contributed by atoms with Crippen LogP contribution in [0.1, 0.15) is 68.4 Å². The van der Waals surface area contributed by atoms with Crippen molar-refractivity contribution in [2.45, 2.75) is 83.9 Å². The molecule has 2 unspecified atom stereocenters. The van der Waals surface area contributed by atoms with E-state index in [-0.39, 0.29) is 30.5 Å². The van der Waals surface area contributed by atoms with Gasteiger partial charge in [-0.15, -0.1) is 11.3 Å². The van der Waals surface area contributed by atoms with Crippen LogP contribution in [0.3, 0.4) is 0 Å². The van der Waals surface area contributed by atoms with Crippen LogP contribution in [-0.2, 0) is 29.0 Å². The molecule has 1 aliphatic carbocycles. The van der Waals surface area contributed by atoms with Crippen molar-refractivity contribution < 1.29 is 14.3 Å². The van der Waals surface area contributed by atoms with E-state index in [9.17, 15) is 9.59 Å². The summed E-state index contributed by atoms with van der Waals surface area (Å²) in [6, 6.07) is 20.4. The third kappa shape index (κ3) is 9.77. The number of alkyl carbamates (subject to hydrolysis) is 1. The first kappa shape index (κ1) is 29.8. The van der Waals surface area contributed by atoms with E-state index in [2.05, 4.69) is 53.7 Å². The lowest BCUT2D eigenvalue weighted by Gasteiger charge is -2.31. The number of amides is 2. The van der Waals surface area contributed by atoms with E-state index in [1.54, 1.807) is 11.7 Å². The Kier molecular flexibility index (Phi) is 11.6. The zero-order valence-corrected chi connectivity index (χ0v) is 24.6. The van der Waals surface area contributed by atoms with Gasteiger partial charge >= 0.3 is 6.09 Å². The van der Waals surface area contributed by atoms with Crippen molar-refractivity contribution in [1.29, 1.82) is 0 Å². The van der Waals surface area contributed by atoms with Gasteiger partial charge in [0.25, 0.3) is 0 Å². The molecule has 0 aliphatic heterocycles. The molecule has 1 heterocycles. The molecule has 7 heteroatoms. The Labute approximate surface area is 243 Å². The lowest BCUT2D eigenvalue weighted by atomic mass is 9.76. The van der Waals surface area contributed by atoms with Crippen LogP contribution >= 0.6 is 11.3 Å². The second kappa shape index (κ2) is 15.6. The van der Waals surface area contributed by atoms with Gasteiger partial charge in [-0.1, -0.05) is 74.5 Å². The number of hydrogen-bond donors (Lipinski definition) is 2. The topological polar surface area (TPSA) is 80.3 Å². The summed E-state index contributed by atoms with van der Waals surface area (Å²) in [6.07, 6.45) is 8.43. The molecule has 6 nitrogen and oxygen atoms in total. The molecule has 214 valence electrons. The number of carbonyl (C=O) groups is 2. The smallest absolute Gasteiger partial charge is 0.407 e. The summed E-state index contributed by atoms with van der Waals surface area (Å²) < 4.78 is 5.48. The minimum absolute atomic E-state index is 0.00832. The number of benzene rings is 2. The molecule has 4 rings (SSSR count). The Morgan fingerprint density at radius 1 is 0.875 bits per heavy atom. The third-order valence-electron chi connectivity index (χ3n) is 8.10. The number of nitrogens with zero attached hydrogens (tertiary/aromatic N) is 1. The molecule has 1 aromatic heterocycles. The molecule has 1 fully saturated rings. The zero-order chi connectivity index (χ0) is 28.2. The molecule has 40 heavy (non-hydrogen) atoms. The fourth-order valence-electron chi connectivity index (χ4n) is 5.68. The summed E-state index contributed by atoms with van der Waals surface area (Å²) in [7, 11) is 0. The molecule has 2 amide bonds. The van der Waals surface area contributed by atoms with Crippen LogP contribution in [0.15, 0.2) is 72.4 Å². The Morgan fingerprint density at radius 2 is 1.45 bits per heavy atom. The van der Waals surface area contributed by atoms with Crippen LogP contribution in [0.4, 0.5) is 4.79 Å². The first-order chi connectivity index (χ1) is 19.5. The van der Waals surface area contributed by atoms with E-state index in [1.165, 1.54) is 16.9 Å². The van der Waals surface area contributed by atoms with Gasteiger partial charge in [0.2, 0.25) is 5.91 Å². The van der Waals surface area contributed by atoms with Crippen LogP contribution in [0, 0.1) is 17.8 Å². The maximum atomic E-state index is 13.4. The fraction of sp³-hybridized carbons (Fsp3) is 0.485. The highest BCUT2D eigenvalue weighted by atomic mass is 32.1. The van der Waals surface area contributed by atoms with Crippen LogP contribution < -0.4 is 10.6 Å². The molecule has 2 N–H and O–H groups in total. The van der Waals surface area contributed by atoms with Gasteiger partial charge in [0.05, 0.1) is 10.4 Å².